The molecule has 1 heterocycles. The van der Waals surface area contributed by atoms with E-state index in [1.54, 1.807) is 6.26 Å². The average Bonchev–Trinajstić information content (AvgIpc) is 3.24. The summed E-state index contributed by atoms with van der Waals surface area (Å²) in [7, 11) is 0. The molecule has 3 rings (SSSR count). The van der Waals surface area contributed by atoms with Crippen LogP contribution in [0.4, 0.5) is 0 Å². The Bertz CT molecular complexity index is 769. The molecule has 0 fully saturated rings. The Kier molecular flexibility index (Phi) is 8.17. The average molecular weight is 445 g/mol. The molecule has 2 nitrogen and oxygen atoms in total. The fourth-order valence-electron chi connectivity index (χ4n) is 3.09. The summed E-state index contributed by atoms with van der Waals surface area (Å²) in [5, 5.41) is 0. The molecule has 1 aromatic heterocycles. The second-order valence-corrected chi connectivity index (χ2v) is 15.2. The summed E-state index contributed by atoms with van der Waals surface area (Å²) in [5.41, 5.74) is 1.66. The molecule has 27 heavy (non-hydrogen) atoms. The van der Waals surface area contributed by atoms with Crippen LogP contribution in [0.5, 0.6) is 0 Å². The van der Waals surface area contributed by atoms with E-state index in [1.807, 2.05) is 12.1 Å². The van der Waals surface area contributed by atoms with Crippen LogP contribution in [0.25, 0.3) is 0 Å². The van der Waals surface area contributed by atoms with Gasteiger partial charge in [0.05, 0.1) is 0 Å². The van der Waals surface area contributed by atoms with Gasteiger partial charge in [0.15, 0.2) is 0 Å². The second-order valence-electron chi connectivity index (χ2n) is 6.83. The molecule has 0 atom stereocenters. The van der Waals surface area contributed by atoms with E-state index in [-0.39, 0.29) is 0 Å². The Labute approximate surface area is 170 Å². The molecule has 0 saturated carbocycles. The Morgan fingerprint density at radius 3 is 1.85 bits per heavy atom. The van der Waals surface area contributed by atoms with Crippen molar-refractivity contribution in [2.24, 2.45) is 0 Å². The molecule has 3 aromatic rings. The number of rotatable bonds is 11. The van der Waals surface area contributed by atoms with Gasteiger partial charge in [0, 0.05) is 0 Å². The molecule has 0 aliphatic heterocycles. The SMILES string of the molecule is [Se]=P(CCOCc1ccco1)(CCc1ccccc1)CCc1ccccc1. The topological polar surface area (TPSA) is 22.4 Å². The van der Waals surface area contributed by atoms with Gasteiger partial charge in [-0.05, 0) is 0 Å². The zero-order chi connectivity index (χ0) is 18.8. The van der Waals surface area contributed by atoms with Crippen molar-refractivity contribution in [3.63, 3.8) is 0 Å². The third-order valence-electron chi connectivity index (χ3n) is 4.77. The zero-order valence-corrected chi connectivity index (χ0v) is 18.2. The maximum absolute atomic E-state index is 5.89. The van der Waals surface area contributed by atoms with Crippen molar-refractivity contribution in [3.05, 3.63) is 95.9 Å². The first-order valence-electron chi connectivity index (χ1n) is 9.49. The number of benzene rings is 2. The molecule has 0 spiro atoms. The molecule has 0 bridgehead atoms. The van der Waals surface area contributed by atoms with Crippen molar-refractivity contribution in [1.82, 2.24) is 0 Å². The van der Waals surface area contributed by atoms with Crippen LogP contribution in [0.3, 0.4) is 0 Å². The van der Waals surface area contributed by atoms with Gasteiger partial charge in [0.1, 0.15) is 0 Å². The van der Waals surface area contributed by atoms with Crippen molar-refractivity contribution in [2.45, 2.75) is 19.4 Å². The summed E-state index contributed by atoms with van der Waals surface area (Å²) in [6.45, 7) is 1.34. The molecule has 142 valence electrons. The second kappa shape index (κ2) is 10.8. The number of hydrogen-bond acceptors (Lipinski definition) is 2. The molecule has 0 amide bonds. The van der Waals surface area contributed by atoms with Crippen LogP contribution >= 0.6 is 5.51 Å². The van der Waals surface area contributed by atoms with Gasteiger partial charge in [-0.1, -0.05) is 0 Å². The van der Waals surface area contributed by atoms with E-state index < -0.39 is 5.51 Å². The molecule has 0 unspecified atom stereocenters. The van der Waals surface area contributed by atoms with Crippen molar-refractivity contribution in [3.8, 4) is 0 Å². The van der Waals surface area contributed by atoms with Gasteiger partial charge in [-0.2, -0.15) is 0 Å². The van der Waals surface area contributed by atoms with Gasteiger partial charge < -0.3 is 0 Å². The standard InChI is InChI=1S/C23H27O2PSe/c27-26(17-13-21-8-3-1-4-9-21,18-14-22-10-5-2-6-11-22)19-16-24-20-23-12-7-15-25-23/h1-12,15H,13-14,16-20H2. The summed E-state index contributed by atoms with van der Waals surface area (Å²) < 4.78 is 11.2. The monoisotopic (exact) mass is 446 g/mol. The Morgan fingerprint density at radius 2 is 1.33 bits per heavy atom. The van der Waals surface area contributed by atoms with E-state index in [9.17, 15) is 0 Å². The summed E-state index contributed by atoms with van der Waals surface area (Å²) in [4.78, 5) is 0. The Morgan fingerprint density at radius 1 is 0.741 bits per heavy atom. The van der Waals surface area contributed by atoms with Crippen LogP contribution in [0.15, 0.2) is 83.5 Å². The minimum atomic E-state index is -1.19. The summed E-state index contributed by atoms with van der Waals surface area (Å²) >= 11 is 3.63. The van der Waals surface area contributed by atoms with Crippen LogP contribution in [0, 0.1) is 0 Å². The third kappa shape index (κ3) is 7.28. The number of aryl methyl sites for hydroxylation is 2. The first kappa shape index (κ1) is 20.4. The molecule has 2 aromatic carbocycles. The fraction of sp³-hybridized carbons (Fsp3) is 0.304. The first-order valence-corrected chi connectivity index (χ1v) is 14.0. The predicted octanol–water partition coefficient (Wildman–Crippen LogP) is 5.38. The van der Waals surface area contributed by atoms with Crippen molar-refractivity contribution < 1.29 is 9.15 Å². The maximum atomic E-state index is 5.89. The van der Waals surface area contributed by atoms with Gasteiger partial charge in [0.25, 0.3) is 0 Å². The van der Waals surface area contributed by atoms with Gasteiger partial charge in [-0.25, -0.2) is 0 Å². The van der Waals surface area contributed by atoms with E-state index in [0.717, 1.165) is 31.4 Å². The Balaban J connectivity index is 1.55. The molecule has 4 heteroatoms. The number of hydrogen-bond donors (Lipinski definition) is 0. The molecule has 0 aliphatic carbocycles. The summed E-state index contributed by atoms with van der Waals surface area (Å²) in [6, 6.07) is 25.5. The van der Waals surface area contributed by atoms with Crippen LogP contribution in [-0.4, -0.2) is 40.2 Å². The molecule has 0 aliphatic rings. The first-order chi connectivity index (χ1) is 13.2. The number of furan rings is 1. The molecular weight excluding hydrogens is 418 g/mol. The van der Waals surface area contributed by atoms with Crippen LogP contribution < -0.4 is 0 Å². The molecule has 0 N–H and O–H groups in total. The summed E-state index contributed by atoms with van der Waals surface area (Å²) in [6.07, 6.45) is 7.54. The molecule has 0 radical (unpaired) electrons. The van der Waals surface area contributed by atoms with Gasteiger partial charge in [-0.15, -0.1) is 0 Å². The van der Waals surface area contributed by atoms with E-state index in [0.29, 0.717) is 6.61 Å². The normalized spacial score (nSPS) is 11.6. The summed E-state index contributed by atoms with van der Waals surface area (Å²) in [5.74, 6) is 0.896. The van der Waals surface area contributed by atoms with Crippen LogP contribution in [0.2, 0.25) is 0 Å². The van der Waals surface area contributed by atoms with Crippen LogP contribution in [0.1, 0.15) is 16.9 Å². The number of ether oxygens (including phenoxy) is 1. The van der Waals surface area contributed by atoms with Gasteiger partial charge in [0.2, 0.25) is 0 Å². The zero-order valence-electron chi connectivity index (χ0n) is 15.6. The van der Waals surface area contributed by atoms with Gasteiger partial charge in [-0.3, -0.25) is 0 Å². The third-order valence-corrected chi connectivity index (χ3v) is 11.3. The van der Waals surface area contributed by atoms with E-state index in [4.69, 9.17) is 9.15 Å². The fourth-order valence-corrected chi connectivity index (χ4v) is 7.17. The van der Waals surface area contributed by atoms with Crippen molar-refractivity contribution in [1.29, 1.82) is 0 Å². The van der Waals surface area contributed by atoms with Crippen molar-refractivity contribution in [2.75, 3.05) is 25.1 Å². The molecular formula is C23H27O2PSe. The van der Waals surface area contributed by atoms with E-state index >= 15 is 0 Å². The van der Waals surface area contributed by atoms with Crippen LogP contribution in [-0.2, 0) is 24.2 Å². The van der Waals surface area contributed by atoms with Gasteiger partial charge >= 0.3 is 170 Å². The Hall–Kier alpha value is -1.37. The van der Waals surface area contributed by atoms with E-state index in [2.05, 4.69) is 75.8 Å². The minimum absolute atomic E-state index is 0.560. The quantitative estimate of drug-likeness (QED) is 0.225. The van der Waals surface area contributed by atoms with E-state index in [1.165, 1.54) is 23.5 Å². The molecule has 0 saturated heterocycles. The van der Waals surface area contributed by atoms with Crippen molar-refractivity contribution >= 4 is 20.6 Å². The predicted molar refractivity (Wildman–Crippen MR) is 116 cm³/mol.